The first kappa shape index (κ1) is 19.2. The molecular weight excluding hydrogens is 360 g/mol. The molecule has 0 atom stereocenters. The van der Waals surface area contributed by atoms with Gasteiger partial charge < -0.3 is 0 Å². The Morgan fingerprint density at radius 2 is 0.700 bits per heavy atom. The molecule has 0 aromatic heterocycles. The highest BCUT2D eigenvalue weighted by Gasteiger charge is 2.02. The van der Waals surface area contributed by atoms with E-state index in [4.69, 9.17) is 0 Å². The Kier molecular flexibility index (Phi) is 6.35. The molecule has 0 aromatic rings. The van der Waals surface area contributed by atoms with Crippen LogP contribution in [-0.2, 0) is 0 Å². The zero-order chi connectivity index (χ0) is 20.4. The van der Waals surface area contributed by atoms with Crippen LogP contribution in [0.1, 0.15) is 25.7 Å². The van der Waals surface area contributed by atoms with Gasteiger partial charge in [-0.15, -0.1) is 0 Å². The van der Waals surface area contributed by atoms with E-state index in [9.17, 15) is 0 Å². The zero-order valence-corrected chi connectivity index (χ0v) is 16.8. The second-order valence-electron chi connectivity index (χ2n) is 7.05. The summed E-state index contributed by atoms with van der Waals surface area (Å²) in [5, 5.41) is 0. The number of allylic oxidation sites excluding steroid dienone is 18. The number of rotatable bonds is 0. The Morgan fingerprint density at radius 1 is 0.433 bits per heavy atom. The standard InChI is InChI=1S/C30H20/c1-2-10-25(9-1)17-21-29(22-18-26-11-3-4-12-26)30(23-19-27-13-5-6-14-27)24-20-28-15-7-8-16-28/h1-9,11,13,15H,10,12,14,16H2. The maximum absolute atomic E-state index is 3.26. The summed E-state index contributed by atoms with van der Waals surface area (Å²) >= 11 is 0. The highest BCUT2D eigenvalue weighted by molar-refractivity contribution is 5.65. The lowest BCUT2D eigenvalue weighted by Crippen LogP contribution is -1.87. The molecular formula is C30H20. The fourth-order valence-electron chi connectivity index (χ4n) is 3.04. The molecule has 0 radical (unpaired) electrons. The van der Waals surface area contributed by atoms with Crippen LogP contribution >= 0.6 is 0 Å². The quantitative estimate of drug-likeness (QED) is 0.463. The van der Waals surface area contributed by atoms with Gasteiger partial charge in [-0.1, -0.05) is 120 Å². The van der Waals surface area contributed by atoms with Gasteiger partial charge in [0.05, 0.1) is 11.1 Å². The van der Waals surface area contributed by atoms with Gasteiger partial charge in [0, 0.05) is 22.3 Å². The molecule has 4 aliphatic rings. The van der Waals surface area contributed by atoms with Crippen LogP contribution in [0.25, 0.3) is 0 Å². The fourth-order valence-corrected chi connectivity index (χ4v) is 3.04. The normalized spacial score (nSPS) is 16.7. The molecule has 30 heavy (non-hydrogen) atoms. The second-order valence-corrected chi connectivity index (χ2v) is 7.05. The molecule has 4 aliphatic carbocycles. The average Bonchev–Trinajstić information content (AvgIpc) is 3.58. The fraction of sp³-hybridized carbons (Fsp3) is 0.133. The van der Waals surface area contributed by atoms with Gasteiger partial charge in [-0.3, -0.25) is 0 Å². The van der Waals surface area contributed by atoms with Crippen LogP contribution in [0.2, 0.25) is 0 Å². The monoisotopic (exact) mass is 380 g/mol. The van der Waals surface area contributed by atoms with E-state index in [2.05, 4.69) is 71.7 Å². The minimum Gasteiger partial charge on any atom is -0.0794 e. The van der Waals surface area contributed by atoms with Crippen molar-refractivity contribution in [1.29, 1.82) is 0 Å². The van der Waals surface area contributed by atoms with Gasteiger partial charge in [-0.25, -0.2) is 0 Å². The molecule has 140 valence electrons. The topological polar surface area (TPSA) is 0 Å². The molecule has 0 N–H and O–H groups in total. The van der Waals surface area contributed by atoms with Crippen molar-refractivity contribution < 1.29 is 0 Å². The summed E-state index contributed by atoms with van der Waals surface area (Å²) < 4.78 is 0. The lowest BCUT2D eigenvalue weighted by Gasteiger charge is -1.94. The maximum Gasteiger partial charge on any atom is 0.0992 e. The van der Waals surface area contributed by atoms with Crippen molar-refractivity contribution >= 4 is 0 Å². The van der Waals surface area contributed by atoms with Gasteiger partial charge in [0.1, 0.15) is 0 Å². The van der Waals surface area contributed by atoms with Gasteiger partial charge in [0.2, 0.25) is 0 Å². The zero-order valence-electron chi connectivity index (χ0n) is 16.8. The third kappa shape index (κ3) is 5.46. The largest absolute Gasteiger partial charge is 0.0992 e. The minimum atomic E-state index is 0.689. The van der Waals surface area contributed by atoms with Crippen molar-refractivity contribution in [3.8, 4) is 47.4 Å². The van der Waals surface area contributed by atoms with E-state index in [-0.39, 0.29) is 0 Å². The SMILES string of the molecule is C(#CC(C#CC1=CC=CC1)=C(C#CC1=CC=CC1)C#CC1=CC=CC1)C1=CC=CC1. The molecule has 0 saturated carbocycles. The Balaban J connectivity index is 1.74. The van der Waals surface area contributed by atoms with E-state index in [1.165, 1.54) is 0 Å². The molecule has 0 fully saturated rings. The molecule has 0 aromatic carbocycles. The van der Waals surface area contributed by atoms with E-state index >= 15 is 0 Å². The summed E-state index contributed by atoms with van der Waals surface area (Å²) in [6.07, 6.45) is 28.2. The first-order valence-electron chi connectivity index (χ1n) is 10.1. The Bertz CT molecular complexity index is 1070. The smallest absolute Gasteiger partial charge is 0.0794 e. The first-order valence-corrected chi connectivity index (χ1v) is 10.1. The van der Waals surface area contributed by atoms with Crippen LogP contribution in [0.3, 0.4) is 0 Å². The maximum atomic E-state index is 3.26. The van der Waals surface area contributed by atoms with E-state index < -0.39 is 0 Å². The molecule has 0 aliphatic heterocycles. The van der Waals surface area contributed by atoms with Gasteiger partial charge in [-0.2, -0.15) is 0 Å². The summed E-state index contributed by atoms with van der Waals surface area (Å²) in [7, 11) is 0. The molecule has 0 bridgehead atoms. The van der Waals surface area contributed by atoms with Crippen molar-refractivity contribution in [2.24, 2.45) is 0 Å². The molecule has 0 amide bonds. The van der Waals surface area contributed by atoms with Crippen molar-refractivity contribution in [2.45, 2.75) is 25.7 Å². The number of hydrogen-bond donors (Lipinski definition) is 0. The molecule has 0 spiro atoms. The average molecular weight is 380 g/mol. The van der Waals surface area contributed by atoms with Crippen LogP contribution in [0.5, 0.6) is 0 Å². The molecule has 0 nitrogen and oxygen atoms in total. The predicted octanol–water partition coefficient (Wildman–Crippen LogP) is 5.84. The Hall–Kier alpha value is -4.10. The van der Waals surface area contributed by atoms with E-state index in [1.807, 2.05) is 48.6 Å². The van der Waals surface area contributed by atoms with E-state index in [0.717, 1.165) is 48.0 Å². The van der Waals surface area contributed by atoms with Crippen molar-refractivity contribution in [1.82, 2.24) is 0 Å². The summed E-state index contributed by atoms with van der Waals surface area (Å²) in [4.78, 5) is 0. The second kappa shape index (κ2) is 9.90. The van der Waals surface area contributed by atoms with Gasteiger partial charge in [0.15, 0.2) is 0 Å². The van der Waals surface area contributed by atoms with Crippen LogP contribution in [0.4, 0.5) is 0 Å². The summed E-state index contributed by atoms with van der Waals surface area (Å²) in [6.45, 7) is 0. The van der Waals surface area contributed by atoms with Crippen molar-refractivity contribution in [3.05, 3.63) is 106 Å². The highest BCUT2D eigenvalue weighted by atomic mass is 14.0. The van der Waals surface area contributed by atoms with E-state index in [0.29, 0.717) is 11.1 Å². The minimum absolute atomic E-state index is 0.689. The van der Waals surface area contributed by atoms with E-state index in [1.54, 1.807) is 0 Å². The third-order valence-corrected chi connectivity index (χ3v) is 4.73. The van der Waals surface area contributed by atoms with Gasteiger partial charge in [-0.05, 0) is 25.7 Å². The summed E-state index contributed by atoms with van der Waals surface area (Å²) in [5.41, 5.74) is 5.72. The summed E-state index contributed by atoms with van der Waals surface area (Å²) in [6, 6.07) is 0. The first-order chi connectivity index (χ1) is 14.9. The molecule has 0 unspecified atom stereocenters. The van der Waals surface area contributed by atoms with Crippen LogP contribution < -0.4 is 0 Å². The summed E-state index contributed by atoms with van der Waals surface area (Å²) in [5.74, 6) is 26.1. The van der Waals surface area contributed by atoms with Crippen LogP contribution in [-0.4, -0.2) is 0 Å². The molecule has 4 rings (SSSR count). The van der Waals surface area contributed by atoms with Crippen molar-refractivity contribution in [2.75, 3.05) is 0 Å². The van der Waals surface area contributed by atoms with Gasteiger partial charge >= 0.3 is 0 Å². The Labute approximate surface area is 179 Å². The molecule has 0 heterocycles. The van der Waals surface area contributed by atoms with Crippen molar-refractivity contribution in [3.63, 3.8) is 0 Å². The lowest BCUT2D eigenvalue weighted by atomic mass is 10.1. The Morgan fingerprint density at radius 3 is 0.900 bits per heavy atom. The third-order valence-electron chi connectivity index (χ3n) is 4.73. The lowest BCUT2D eigenvalue weighted by molar-refractivity contribution is 1.36. The van der Waals surface area contributed by atoms with Gasteiger partial charge in [0.25, 0.3) is 0 Å². The molecule has 0 heteroatoms. The van der Waals surface area contributed by atoms with Crippen LogP contribution in [0.15, 0.2) is 106 Å². The number of hydrogen-bond acceptors (Lipinski definition) is 0. The highest BCUT2D eigenvalue weighted by Crippen LogP contribution is 2.14. The van der Waals surface area contributed by atoms with Crippen LogP contribution in [0, 0.1) is 47.4 Å². The molecule has 0 saturated heterocycles. The predicted molar refractivity (Wildman–Crippen MR) is 125 cm³/mol.